The lowest BCUT2D eigenvalue weighted by Crippen LogP contribution is -2.25. The van der Waals surface area contributed by atoms with Crippen molar-refractivity contribution >= 4 is 29.7 Å². The van der Waals surface area contributed by atoms with E-state index in [2.05, 4.69) is 5.32 Å². The largest absolute Gasteiger partial charge is 0.487 e. The molecule has 0 heterocycles. The summed E-state index contributed by atoms with van der Waals surface area (Å²) in [7, 11) is 0. The van der Waals surface area contributed by atoms with Crippen molar-refractivity contribution < 1.29 is 13.9 Å². The van der Waals surface area contributed by atoms with Crippen LogP contribution in [0.25, 0.3) is 0 Å². The summed E-state index contributed by atoms with van der Waals surface area (Å²) in [5, 5.41) is 2.69. The van der Waals surface area contributed by atoms with Crippen molar-refractivity contribution in [1.29, 1.82) is 0 Å². The molecule has 1 aliphatic carbocycles. The van der Waals surface area contributed by atoms with Crippen molar-refractivity contribution in [2.45, 2.75) is 31.8 Å². The van der Waals surface area contributed by atoms with E-state index < -0.39 is 5.82 Å². The number of hydrogen-bond donors (Lipinski definition) is 2. The average molecular weight is 351 g/mol. The van der Waals surface area contributed by atoms with Crippen LogP contribution in [0.4, 0.5) is 15.8 Å². The van der Waals surface area contributed by atoms with Gasteiger partial charge in [-0.3, -0.25) is 4.79 Å². The van der Waals surface area contributed by atoms with Crippen molar-refractivity contribution in [3.8, 4) is 5.75 Å². The molecule has 0 saturated heterocycles. The fourth-order valence-corrected chi connectivity index (χ4v) is 2.37. The summed E-state index contributed by atoms with van der Waals surface area (Å²) < 4.78 is 19.6. The average Bonchev–Trinajstić information content (AvgIpc) is 2.47. The number of anilines is 2. The minimum Gasteiger partial charge on any atom is -0.487 e. The summed E-state index contributed by atoms with van der Waals surface area (Å²) in [6.45, 7) is 0. The number of benzene rings is 2. The van der Waals surface area contributed by atoms with E-state index in [1.165, 1.54) is 6.07 Å². The highest BCUT2D eigenvalue weighted by atomic mass is 35.5. The van der Waals surface area contributed by atoms with Crippen LogP contribution in [0.2, 0.25) is 0 Å². The standard InChI is InChI=1S/C18H19FN2O2.ClH/c19-16-11-14(8-9-17(16)23-15-2-1-3-15)21-18(22)10-12-4-6-13(20)7-5-12;/h4-9,11,15H,1-3,10,20H2,(H,21,22);1H. The predicted molar refractivity (Wildman–Crippen MR) is 95.1 cm³/mol. The number of halogens is 2. The van der Waals surface area contributed by atoms with Gasteiger partial charge in [0.15, 0.2) is 11.6 Å². The molecule has 3 N–H and O–H groups in total. The maximum atomic E-state index is 14.0. The van der Waals surface area contributed by atoms with Crippen LogP contribution in [-0.2, 0) is 11.2 Å². The number of carbonyl (C=O) groups excluding carboxylic acids is 1. The van der Waals surface area contributed by atoms with Crippen LogP contribution in [0.15, 0.2) is 42.5 Å². The molecule has 0 spiro atoms. The molecule has 2 aromatic rings. The second-order valence-electron chi connectivity index (χ2n) is 5.78. The highest BCUT2D eigenvalue weighted by Crippen LogP contribution is 2.28. The molecule has 1 fully saturated rings. The minimum atomic E-state index is -0.456. The molecule has 0 unspecified atom stereocenters. The Bertz CT molecular complexity index is 703. The zero-order chi connectivity index (χ0) is 16.2. The van der Waals surface area contributed by atoms with E-state index in [1.54, 1.807) is 36.4 Å². The molecular formula is C18H20ClFN2O2. The summed E-state index contributed by atoms with van der Waals surface area (Å²) in [4.78, 5) is 12.0. The Hall–Kier alpha value is -2.27. The maximum Gasteiger partial charge on any atom is 0.228 e. The number of nitrogen functional groups attached to an aromatic ring is 1. The molecule has 0 atom stereocenters. The first kappa shape index (κ1) is 18.1. The summed E-state index contributed by atoms with van der Waals surface area (Å²) in [6, 6.07) is 11.6. The van der Waals surface area contributed by atoms with Gasteiger partial charge in [0.05, 0.1) is 12.5 Å². The van der Waals surface area contributed by atoms with E-state index in [1.807, 2.05) is 0 Å². The van der Waals surface area contributed by atoms with E-state index in [-0.39, 0.29) is 36.6 Å². The first-order valence-electron chi connectivity index (χ1n) is 7.70. The van der Waals surface area contributed by atoms with E-state index in [0.717, 1.165) is 24.8 Å². The summed E-state index contributed by atoms with van der Waals surface area (Å²) in [6.07, 6.45) is 3.41. The van der Waals surface area contributed by atoms with E-state index in [9.17, 15) is 9.18 Å². The number of rotatable bonds is 5. The van der Waals surface area contributed by atoms with Gasteiger partial charge in [-0.15, -0.1) is 12.4 Å². The van der Waals surface area contributed by atoms with Gasteiger partial charge in [0.1, 0.15) is 0 Å². The smallest absolute Gasteiger partial charge is 0.228 e. The monoisotopic (exact) mass is 350 g/mol. The number of amides is 1. The topological polar surface area (TPSA) is 64.4 Å². The molecule has 6 heteroatoms. The lowest BCUT2D eigenvalue weighted by atomic mass is 9.96. The molecule has 24 heavy (non-hydrogen) atoms. The Morgan fingerprint density at radius 3 is 2.50 bits per heavy atom. The van der Waals surface area contributed by atoms with E-state index >= 15 is 0 Å². The molecule has 2 aromatic carbocycles. The van der Waals surface area contributed by atoms with Gasteiger partial charge in [0.2, 0.25) is 5.91 Å². The van der Waals surface area contributed by atoms with E-state index in [4.69, 9.17) is 10.5 Å². The third-order valence-corrected chi connectivity index (χ3v) is 3.91. The van der Waals surface area contributed by atoms with Crippen LogP contribution in [0.5, 0.6) is 5.75 Å². The van der Waals surface area contributed by atoms with Gasteiger partial charge in [0, 0.05) is 17.4 Å². The fraction of sp³-hybridized carbons (Fsp3) is 0.278. The third-order valence-electron chi connectivity index (χ3n) is 3.91. The van der Waals surface area contributed by atoms with Gasteiger partial charge in [-0.1, -0.05) is 12.1 Å². The number of nitrogens with two attached hydrogens (primary N) is 1. The first-order valence-corrected chi connectivity index (χ1v) is 7.70. The quantitative estimate of drug-likeness (QED) is 0.803. The molecule has 1 aliphatic rings. The Labute approximate surface area is 146 Å². The normalized spacial score (nSPS) is 13.5. The van der Waals surface area contributed by atoms with Gasteiger partial charge >= 0.3 is 0 Å². The zero-order valence-electron chi connectivity index (χ0n) is 13.1. The van der Waals surface area contributed by atoms with Crippen molar-refractivity contribution in [3.63, 3.8) is 0 Å². The van der Waals surface area contributed by atoms with Crippen LogP contribution < -0.4 is 15.8 Å². The minimum absolute atomic E-state index is 0. The molecule has 1 amide bonds. The molecule has 0 bridgehead atoms. The Kier molecular flexibility index (Phi) is 6.04. The third kappa shape index (κ3) is 4.61. The number of nitrogens with one attached hydrogen (secondary N) is 1. The fourth-order valence-electron chi connectivity index (χ4n) is 2.37. The van der Waals surface area contributed by atoms with Crippen LogP contribution in [0, 0.1) is 5.82 Å². The lowest BCUT2D eigenvalue weighted by molar-refractivity contribution is -0.115. The lowest BCUT2D eigenvalue weighted by Gasteiger charge is -2.26. The number of carbonyl (C=O) groups is 1. The second kappa shape index (κ2) is 8.02. The molecule has 0 radical (unpaired) electrons. The predicted octanol–water partition coefficient (Wildman–Crippen LogP) is 3.94. The Morgan fingerprint density at radius 2 is 1.92 bits per heavy atom. The van der Waals surface area contributed by atoms with Crippen molar-refractivity contribution in [1.82, 2.24) is 0 Å². The Balaban J connectivity index is 0.00000208. The van der Waals surface area contributed by atoms with Crippen molar-refractivity contribution in [3.05, 3.63) is 53.8 Å². The van der Waals surface area contributed by atoms with Crippen LogP contribution in [0.3, 0.4) is 0 Å². The first-order chi connectivity index (χ1) is 11.1. The zero-order valence-corrected chi connectivity index (χ0v) is 13.9. The maximum absolute atomic E-state index is 14.0. The van der Waals surface area contributed by atoms with Crippen LogP contribution >= 0.6 is 12.4 Å². The van der Waals surface area contributed by atoms with Gasteiger partial charge < -0.3 is 15.8 Å². The summed E-state index contributed by atoms with van der Waals surface area (Å²) in [5.41, 5.74) is 7.53. The molecule has 0 aromatic heterocycles. The highest BCUT2D eigenvalue weighted by Gasteiger charge is 2.20. The number of hydrogen-bond acceptors (Lipinski definition) is 3. The molecule has 0 aliphatic heterocycles. The molecule has 128 valence electrons. The molecule has 3 rings (SSSR count). The van der Waals surface area contributed by atoms with Gasteiger partial charge in [0.25, 0.3) is 0 Å². The van der Waals surface area contributed by atoms with Crippen molar-refractivity contribution in [2.24, 2.45) is 0 Å². The van der Waals surface area contributed by atoms with Crippen LogP contribution in [0.1, 0.15) is 24.8 Å². The van der Waals surface area contributed by atoms with Gasteiger partial charge in [-0.25, -0.2) is 4.39 Å². The summed E-state index contributed by atoms with van der Waals surface area (Å²) >= 11 is 0. The van der Waals surface area contributed by atoms with Gasteiger partial charge in [-0.2, -0.15) is 0 Å². The molecule has 4 nitrogen and oxygen atoms in total. The van der Waals surface area contributed by atoms with E-state index in [0.29, 0.717) is 11.4 Å². The Morgan fingerprint density at radius 1 is 1.21 bits per heavy atom. The SMILES string of the molecule is Cl.Nc1ccc(CC(=O)Nc2ccc(OC3CCC3)c(F)c2)cc1. The molecule has 1 saturated carbocycles. The highest BCUT2D eigenvalue weighted by molar-refractivity contribution is 5.92. The van der Waals surface area contributed by atoms with Crippen LogP contribution in [-0.4, -0.2) is 12.0 Å². The molecular weight excluding hydrogens is 331 g/mol. The van der Waals surface area contributed by atoms with Crippen molar-refractivity contribution in [2.75, 3.05) is 11.1 Å². The van der Waals surface area contributed by atoms with Gasteiger partial charge in [-0.05, 0) is 49.1 Å². The summed E-state index contributed by atoms with van der Waals surface area (Å²) in [5.74, 6) is -0.421. The second-order valence-corrected chi connectivity index (χ2v) is 5.78. The number of ether oxygens (including phenoxy) is 1.